The zero-order valence-corrected chi connectivity index (χ0v) is 12.2. The predicted octanol–water partition coefficient (Wildman–Crippen LogP) is 2.13. The maximum absolute atomic E-state index is 11.0. The summed E-state index contributed by atoms with van der Waals surface area (Å²) in [5.41, 5.74) is 3.65. The van der Waals surface area contributed by atoms with Gasteiger partial charge in [-0.25, -0.2) is 4.79 Å². The molecule has 0 spiro atoms. The van der Waals surface area contributed by atoms with Crippen molar-refractivity contribution in [3.8, 4) is 0 Å². The summed E-state index contributed by atoms with van der Waals surface area (Å²) in [6.07, 6.45) is 0. The Kier molecular flexibility index (Phi) is 5.89. The van der Waals surface area contributed by atoms with Crippen LogP contribution < -0.4 is 5.32 Å². The van der Waals surface area contributed by atoms with Crippen molar-refractivity contribution in [1.29, 1.82) is 0 Å². The lowest BCUT2D eigenvalue weighted by Gasteiger charge is -2.14. The number of carboxylic acids is 1. The molecule has 1 rings (SSSR count). The van der Waals surface area contributed by atoms with Crippen LogP contribution >= 0.6 is 11.8 Å². The Morgan fingerprint density at radius 1 is 1.32 bits per heavy atom. The third-order valence-corrected chi connectivity index (χ3v) is 3.91. The molecule has 19 heavy (non-hydrogen) atoms. The number of benzene rings is 1. The summed E-state index contributed by atoms with van der Waals surface area (Å²) in [5.74, 6) is -0.200. The molecule has 0 aliphatic carbocycles. The minimum absolute atomic E-state index is 0.319. The van der Waals surface area contributed by atoms with Gasteiger partial charge in [0, 0.05) is 18.4 Å². The average Bonchev–Trinajstić information content (AvgIpc) is 2.30. The normalized spacial score (nSPS) is 11.9. The van der Waals surface area contributed by atoms with Crippen molar-refractivity contribution in [3.05, 3.63) is 34.9 Å². The third kappa shape index (κ3) is 4.95. The van der Waals surface area contributed by atoms with Gasteiger partial charge < -0.3 is 10.4 Å². The molecule has 0 fully saturated rings. The van der Waals surface area contributed by atoms with Crippen LogP contribution in [-0.2, 0) is 15.3 Å². The highest BCUT2D eigenvalue weighted by Crippen LogP contribution is 2.20. The van der Waals surface area contributed by atoms with E-state index in [1.807, 2.05) is 32.0 Å². The molecule has 0 saturated carbocycles. The SMILES string of the molecule is CC(=O)N[C@@H](CSCc1c(C)cccc1C)C(=O)O. The van der Waals surface area contributed by atoms with Gasteiger partial charge in [0.05, 0.1) is 0 Å². The summed E-state index contributed by atoms with van der Waals surface area (Å²) >= 11 is 1.52. The van der Waals surface area contributed by atoms with Crippen LogP contribution in [-0.4, -0.2) is 28.8 Å². The molecule has 1 amide bonds. The molecule has 0 aliphatic rings. The molecular formula is C14H19NO3S. The number of aryl methyl sites for hydroxylation is 2. The monoisotopic (exact) mass is 281 g/mol. The smallest absolute Gasteiger partial charge is 0.327 e. The minimum Gasteiger partial charge on any atom is -0.480 e. The fraction of sp³-hybridized carbons (Fsp3) is 0.429. The van der Waals surface area contributed by atoms with E-state index in [4.69, 9.17) is 5.11 Å². The standard InChI is InChI=1S/C14H19NO3S/c1-9-5-4-6-10(2)12(9)7-19-8-13(14(17)18)15-11(3)16/h4-6,13H,7-8H2,1-3H3,(H,15,16)(H,17,18)/t13-/m0/s1. The van der Waals surface area contributed by atoms with Crippen LogP contribution in [0.5, 0.6) is 0 Å². The van der Waals surface area contributed by atoms with E-state index < -0.39 is 12.0 Å². The van der Waals surface area contributed by atoms with Gasteiger partial charge in [0.1, 0.15) is 6.04 Å². The van der Waals surface area contributed by atoms with Crippen molar-refractivity contribution in [2.24, 2.45) is 0 Å². The van der Waals surface area contributed by atoms with E-state index >= 15 is 0 Å². The first-order valence-electron chi connectivity index (χ1n) is 6.04. The van der Waals surface area contributed by atoms with E-state index in [9.17, 15) is 9.59 Å². The molecule has 1 atom stereocenters. The van der Waals surface area contributed by atoms with Crippen molar-refractivity contribution >= 4 is 23.6 Å². The van der Waals surface area contributed by atoms with E-state index in [-0.39, 0.29) is 5.91 Å². The van der Waals surface area contributed by atoms with Crippen molar-refractivity contribution in [1.82, 2.24) is 5.32 Å². The molecule has 0 bridgehead atoms. The molecule has 1 aromatic carbocycles. The first-order chi connectivity index (χ1) is 8.91. The van der Waals surface area contributed by atoms with Crippen LogP contribution in [0.4, 0.5) is 0 Å². The topological polar surface area (TPSA) is 66.4 Å². The second-order valence-electron chi connectivity index (χ2n) is 4.48. The maximum Gasteiger partial charge on any atom is 0.327 e. The minimum atomic E-state index is -0.996. The Labute approximate surface area is 117 Å². The van der Waals surface area contributed by atoms with Crippen molar-refractivity contribution < 1.29 is 14.7 Å². The molecule has 5 heteroatoms. The van der Waals surface area contributed by atoms with Crippen molar-refractivity contribution in [2.75, 3.05) is 5.75 Å². The van der Waals surface area contributed by atoms with E-state index in [0.29, 0.717) is 5.75 Å². The fourth-order valence-corrected chi connectivity index (χ4v) is 3.01. The zero-order valence-electron chi connectivity index (χ0n) is 11.4. The molecule has 0 saturated heterocycles. The third-order valence-electron chi connectivity index (χ3n) is 2.85. The van der Waals surface area contributed by atoms with E-state index in [1.54, 1.807) is 0 Å². The van der Waals surface area contributed by atoms with E-state index in [1.165, 1.54) is 35.4 Å². The first kappa shape index (κ1) is 15.6. The summed E-state index contributed by atoms with van der Waals surface area (Å²) in [6, 6.07) is 5.28. The van der Waals surface area contributed by atoms with Crippen LogP contribution in [0.2, 0.25) is 0 Å². The maximum atomic E-state index is 11.0. The van der Waals surface area contributed by atoms with Crippen molar-refractivity contribution in [3.63, 3.8) is 0 Å². The summed E-state index contributed by atoms with van der Waals surface area (Å²) < 4.78 is 0. The number of thioether (sulfide) groups is 1. The van der Waals surface area contributed by atoms with Crippen molar-refractivity contribution in [2.45, 2.75) is 32.6 Å². The van der Waals surface area contributed by atoms with Crippen LogP contribution in [0.1, 0.15) is 23.6 Å². The molecule has 4 nitrogen and oxygen atoms in total. The fourth-order valence-electron chi connectivity index (χ4n) is 1.78. The lowest BCUT2D eigenvalue weighted by molar-refractivity contribution is -0.140. The number of carboxylic acid groups (broad SMARTS) is 1. The van der Waals surface area contributed by atoms with Gasteiger partial charge in [0.2, 0.25) is 5.91 Å². The Hall–Kier alpha value is -1.49. The van der Waals surface area contributed by atoms with Gasteiger partial charge in [0.25, 0.3) is 0 Å². The lowest BCUT2D eigenvalue weighted by Crippen LogP contribution is -2.41. The summed E-state index contributed by atoms with van der Waals surface area (Å²) in [4.78, 5) is 21.9. The molecule has 0 radical (unpaired) electrons. The number of hydrogen-bond donors (Lipinski definition) is 2. The summed E-state index contributed by atoms with van der Waals surface area (Å²) in [6.45, 7) is 5.42. The van der Waals surface area contributed by atoms with Gasteiger partial charge in [-0.15, -0.1) is 0 Å². The molecule has 1 aromatic rings. The van der Waals surface area contributed by atoms with E-state index in [0.717, 1.165) is 5.75 Å². The van der Waals surface area contributed by atoms with Crippen LogP contribution in [0.3, 0.4) is 0 Å². The molecule has 0 aliphatic heterocycles. The summed E-state index contributed by atoms with van der Waals surface area (Å²) in [5, 5.41) is 11.4. The second kappa shape index (κ2) is 7.19. The molecule has 104 valence electrons. The highest BCUT2D eigenvalue weighted by molar-refractivity contribution is 7.98. The highest BCUT2D eigenvalue weighted by atomic mass is 32.2. The van der Waals surface area contributed by atoms with Crippen LogP contribution in [0.15, 0.2) is 18.2 Å². The number of nitrogens with one attached hydrogen (secondary N) is 1. The van der Waals surface area contributed by atoms with Gasteiger partial charge in [-0.2, -0.15) is 11.8 Å². The molecule has 0 aromatic heterocycles. The number of aliphatic carboxylic acids is 1. The zero-order chi connectivity index (χ0) is 14.4. The van der Waals surface area contributed by atoms with Gasteiger partial charge in [-0.05, 0) is 30.5 Å². The number of hydrogen-bond acceptors (Lipinski definition) is 3. The average molecular weight is 281 g/mol. The second-order valence-corrected chi connectivity index (χ2v) is 5.51. The molecule has 0 unspecified atom stereocenters. The Morgan fingerprint density at radius 3 is 2.37 bits per heavy atom. The number of rotatable bonds is 6. The number of amides is 1. The molecular weight excluding hydrogens is 262 g/mol. The highest BCUT2D eigenvalue weighted by Gasteiger charge is 2.18. The number of carbonyl (C=O) groups is 2. The van der Waals surface area contributed by atoms with Gasteiger partial charge in [0.15, 0.2) is 0 Å². The lowest BCUT2D eigenvalue weighted by atomic mass is 10.1. The van der Waals surface area contributed by atoms with Gasteiger partial charge >= 0.3 is 5.97 Å². The molecule has 0 heterocycles. The Balaban J connectivity index is 2.57. The summed E-state index contributed by atoms with van der Waals surface area (Å²) in [7, 11) is 0. The van der Waals surface area contributed by atoms with Gasteiger partial charge in [-0.3, -0.25) is 4.79 Å². The number of carbonyl (C=O) groups excluding carboxylic acids is 1. The first-order valence-corrected chi connectivity index (χ1v) is 7.20. The Bertz CT molecular complexity index is 454. The van der Waals surface area contributed by atoms with Crippen LogP contribution in [0.25, 0.3) is 0 Å². The molecule has 2 N–H and O–H groups in total. The largest absolute Gasteiger partial charge is 0.480 e. The quantitative estimate of drug-likeness (QED) is 0.838. The van der Waals surface area contributed by atoms with Crippen LogP contribution in [0, 0.1) is 13.8 Å². The van der Waals surface area contributed by atoms with E-state index in [2.05, 4.69) is 5.32 Å². The Morgan fingerprint density at radius 2 is 1.89 bits per heavy atom. The predicted molar refractivity (Wildman–Crippen MR) is 77.3 cm³/mol. The van der Waals surface area contributed by atoms with Gasteiger partial charge in [-0.1, -0.05) is 18.2 Å².